The Hall–Kier alpha value is -3.53. The fourth-order valence-electron chi connectivity index (χ4n) is 2.33. The van der Waals surface area contributed by atoms with Gasteiger partial charge in [-0.15, -0.1) is 0 Å². The predicted molar refractivity (Wildman–Crippen MR) is 102 cm³/mol. The molecule has 2 aromatic rings. The van der Waals surface area contributed by atoms with Crippen molar-refractivity contribution >= 4 is 34.9 Å². The van der Waals surface area contributed by atoms with E-state index in [0.717, 1.165) is 18.7 Å². The molecule has 2 rings (SSSR count). The number of carbonyl (C=O) groups is 2. The fourth-order valence-corrected chi connectivity index (χ4v) is 2.60. The smallest absolute Gasteiger partial charge is 0.328 e. The molecular weight excluding hydrogens is 392 g/mol. The summed E-state index contributed by atoms with van der Waals surface area (Å²) in [4.78, 5) is 35.9. The second-order valence-corrected chi connectivity index (χ2v) is 6.06. The minimum Gasteiger partial charge on any atom is -0.499 e. The molecule has 0 aromatic heterocycles. The molecule has 28 heavy (non-hydrogen) atoms. The van der Waals surface area contributed by atoms with Gasteiger partial charge in [-0.1, -0.05) is 23.7 Å². The summed E-state index contributed by atoms with van der Waals surface area (Å²) in [7, 11) is 2.30. The van der Waals surface area contributed by atoms with E-state index in [-0.39, 0.29) is 17.3 Å². The number of nitrogens with zero attached hydrogens (tertiary/aromatic N) is 2. The summed E-state index contributed by atoms with van der Waals surface area (Å²) >= 11 is 5.97. The molecule has 0 saturated carbocycles. The number of nitrogens with one attached hydrogen (secondary N) is 1. The summed E-state index contributed by atoms with van der Waals surface area (Å²) in [6.07, 6.45) is 0. The quantitative estimate of drug-likeness (QED) is 0.391. The first-order chi connectivity index (χ1) is 13.2. The van der Waals surface area contributed by atoms with E-state index in [2.05, 4.69) is 5.32 Å². The molecule has 0 unspecified atom stereocenters. The molecule has 0 aliphatic heterocycles. The highest BCUT2D eigenvalue weighted by Gasteiger charge is 2.34. The van der Waals surface area contributed by atoms with Gasteiger partial charge in [-0.05, 0) is 17.7 Å². The Morgan fingerprint density at radius 1 is 1.36 bits per heavy atom. The average molecular weight is 409 g/mol. The molecule has 0 aliphatic rings. The van der Waals surface area contributed by atoms with E-state index < -0.39 is 33.9 Å². The van der Waals surface area contributed by atoms with E-state index in [4.69, 9.17) is 22.1 Å². The van der Waals surface area contributed by atoms with Gasteiger partial charge in [-0.2, -0.15) is 0 Å². The molecule has 11 heteroatoms. The van der Waals surface area contributed by atoms with Gasteiger partial charge in [0.05, 0.1) is 17.1 Å². The first-order valence-electron chi connectivity index (χ1n) is 7.81. The fraction of sp³-hybridized carbons (Fsp3) is 0.176. The highest BCUT2D eigenvalue weighted by molar-refractivity contribution is 6.35. The number of aromatic hydroxyl groups is 1. The number of amides is 3. The van der Waals surface area contributed by atoms with Gasteiger partial charge in [0.15, 0.2) is 5.75 Å². The number of urea groups is 1. The number of nitrogens with two attached hydrogens (primary N) is 1. The van der Waals surface area contributed by atoms with E-state index in [1.165, 1.54) is 7.11 Å². The zero-order chi connectivity index (χ0) is 21.0. The Morgan fingerprint density at radius 2 is 1.96 bits per heavy atom. The lowest BCUT2D eigenvalue weighted by Gasteiger charge is -2.18. The molecule has 3 amide bonds. The zero-order valence-corrected chi connectivity index (χ0v) is 15.7. The molecule has 0 saturated heterocycles. The predicted octanol–water partition coefficient (Wildman–Crippen LogP) is 2.53. The van der Waals surface area contributed by atoms with E-state index in [1.54, 1.807) is 24.3 Å². The van der Waals surface area contributed by atoms with Gasteiger partial charge in [0, 0.05) is 25.3 Å². The molecular formula is C17H17ClN4O6. The van der Waals surface area contributed by atoms with Crippen molar-refractivity contribution in [3.05, 3.63) is 56.6 Å². The van der Waals surface area contributed by atoms with Gasteiger partial charge < -0.3 is 20.9 Å². The highest BCUT2D eigenvalue weighted by atomic mass is 35.5. The standard InChI is InChI=1S/C17H17ClN4O6/c1-21(17(25)20-8-9-3-5-10(19)6-4-9)16(24)13-11(18)7-12(28-2)15(23)14(13)22(26)27/h3-7,23H,8,19H2,1-2H3,(H,20,25). The first kappa shape index (κ1) is 20.8. The van der Waals surface area contributed by atoms with E-state index in [0.29, 0.717) is 10.6 Å². The third-order valence-corrected chi connectivity index (χ3v) is 4.14. The Morgan fingerprint density at radius 3 is 2.50 bits per heavy atom. The minimum absolute atomic E-state index is 0.0976. The van der Waals surface area contributed by atoms with Crippen LogP contribution in [0.2, 0.25) is 5.02 Å². The molecule has 0 heterocycles. The number of hydrogen-bond donors (Lipinski definition) is 3. The summed E-state index contributed by atoms with van der Waals surface area (Å²) < 4.78 is 4.80. The van der Waals surface area contributed by atoms with Gasteiger partial charge in [0.25, 0.3) is 5.91 Å². The molecule has 0 fully saturated rings. The number of anilines is 1. The number of hydrogen-bond acceptors (Lipinski definition) is 7. The molecule has 148 valence electrons. The summed E-state index contributed by atoms with van der Waals surface area (Å²) in [6.45, 7) is 0.0976. The van der Waals surface area contributed by atoms with E-state index in [9.17, 15) is 24.8 Å². The second-order valence-electron chi connectivity index (χ2n) is 5.65. The molecule has 10 nitrogen and oxygen atoms in total. The number of phenols is 1. The number of nitro groups is 1. The molecule has 2 aromatic carbocycles. The van der Waals surface area contributed by atoms with Gasteiger partial charge in [0.2, 0.25) is 5.75 Å². The Labute approximate surface area is 164 Å². The number of phenolic OH excluding ortho intramolecular Hbond substituents is 1. The third-order valence-electron chi connectivity index (χ3n) is 3.84. The van der Waals surface area contributed by atoms with Crippen LogP contribution in [0.4, 0.5) is 16.2 Å². The first-order valence-corrected chi connectivity index (χ1v) is 8.19. The largest absolute Gasteiger partial charge is 0.499 e. The van der Waals surface area contributed by atoms with Crippen molar-refractivity contribution in [2.24, 2.45) is 0 Å². The third kappa shape index (κ3) is 4.23. The summed E-state index contributed by atoms with van der Waals surface area (Å²) in [5, 5.41) is 23.5. The van der Waals surface area contributed by atoms with Crippen LogP contribution in [0.1, 0.15) is 15.9 Å². The van der Waals surface area contributed by atoms with Crippen LogP contribution in [-0.2, 0) is 6.54 Å². The van der Waals surface area contributed by atoms with E-state index in [1.807, 2.05) is 0 Å². The molecule has 4 N–H and O–H groups in total. The topological polar surface area (TPSA) is 148 Å². The summed E-state index contributed by atoms with van der Waals surface area (Å²) in [5.74, 6) is -2.20. The molecule has 0 atom stereocenters. The molecule has 0 radical (unpaired) electrons. The number of ether oxygens (including phenoxy) is 1. The number of halogens is 1. The highest BCUT2D eigenvalue weighted by Crippen LogP contribution is 2.43. The maximum absolute atomic E-state index is 12.6. The lowest BCUT2D eigenvalue weighted by atomic mass is 10.1. The SMILES string of the molecule is COc1cc(Cl)c(C(=O)N(C)C(=O)NCc2ccc(N)cc2)c([N+](=O)[O-])c1O. The Balaban J connectivity index is 2.26. The van der Waals surface area contributed by atoms with Crippen molar-refractivity contribution < 1.29 is 24.4 Å². The van der Waals surface area contributed by atoms with Crippen molar-refractivity contribution in [2.45, 2.75) is 6.54 Å². The maximum Gasteiger partial charge on any atom is 0.328 e. The van der Waals surface area contributed by atoms with Crippen LogP contribution < -0.4 is 15.8 Å². The second kappa shape index (κ2) is 8.44. The number of carbonyl (C=O) groups excluding carboxylic acids is 2. The number of benzene rings is 2. The van der Waals surface area contributed by atoms with Crippen molar-refractivity contribution in [1.82, 2.24) is 10.2 Å². The lowest BCUT2D eigenvalue weighted by Crippen LogP contribution is -2.41. The van der Waals surface area contributed by atoms with Crippen LogP contribution >= 0.6 is 11.6 Å². The summed E-state index contributed by atoms with van der Waals surface area (Å²) in [6, 6.07) is 6.93. The van der Waals surface area contributed by atoms with Gasteiger partial charge in [0.1, 0.15) is 5.56 Å². The van der Waals surface area contributed by atoms with Gasteiger partial charge in [-0.25, -0.2) is 4.79 Å². The van der Waals surface area contributed by atoms with Crippen molar-refractivity contribution in [3.63, 3.8) is 0 Å². The number of nitrogen functional groups attached to an aromatic ring is 1. The van der Waals surface area contributed by atoms with Crippen molar-refractivity contribution in [1.29, 1.82) is 0 Å². The Bertz CT molecular complexity index is 932. The van der Waals surface area contributed by atoms with Crippen LogP contribution in [0.5, 0.6) is 11.5 Å². The minimum atomic E-state index is -1.07. The van der Waals surface area contributed by atoms with Crippen molar-refractivity contribution in [2.75, 3.05) is 19.9 Å². The van der Waals surface area contributed by atoms with Crippen LogP contribution in [0.25, 0.3) is 0 Å². The maximum atomic E-state index is 12.6. The van der Waals surface area contributed by atoms with Crippen LogP contribution in [-0.4, -0.2) is 41.0 Å². The van der Waals surface area contributed by atoms with Crippen molar-refractivity contribution in [3.8, 4) is 11.5 Å². The monoisotopic (exact) mass is 408 g/mol. The average Bonchev–Trinajstić information content (AvgIpc) is 2.66. The van der Waals surface area contributed by atoms with Gasteiger partial charge >= 0.3 is 11.7 Å². The number of imide groups is 1. The normalized spacial score (nSPS) is 10.2. The van der Waals surface area contributed by atoms with Gasteiger partial charge in [-0.3, -0.25) is 19.8 Å². The van der Waals surface area contributed by atoms with E-state index >= 15 is 0 Å². The van der Waals surface area contributed by atoms with Crippen LogP contribution in [0.15, 0.2) is 30.3 Å². The van der Waals surface area contributed by atoms with Crippen LogP contribution in [0.3, 0.4) is 0 Å². The number of methoxy groups -OCH3 is 1. The number of rotatable bonds is 5. The summed E-state index contributed by atoms with van der Waals surface area (Å²) in [5.41, 5.74) is 5.29. The van der Waals surface area contributed by atoms with Crippen LogP contribution in [0, 0.1) is 10.1 Å². The molecule has 0 spiro atoms. The Kier molecular flexibility index (Phi) is 6.26. The molecule has 0 bridgehead atoms. The zero-order valence-electron chi connectivity index (χ0n) is 14.9. The lowest BCUT2D eigenvalue weighted by molar-refractivity contribution is -0.386. The number of nitro benzene ring substituents is 1. The molecule has 0 aliphatic carbocycles.